The zero-order chi connectivity index (χ0) is 17.9. The van der Waals surface area contributed by atoms with E-state index in [1.807, 2.05) is 48.7 Å². The van der Waals surface area contributed by atoms with E-state index in [2.05, 4.69) is 4.98 Å². The standard InChI is InChI=1S/C19H24N2O4/c1-14(16-7-5-4-6-8-16)21-13-20-9-17(21)18(22)25-12-19(10-24-11-19)15(2)23-3/h4-9,13-15H,10-12H2,1-3H3/t14-,15?/m1/s1. The third-order valence-corrected chi connectivity index (χ3v) is 5.06. The SMILES string of the molecule is COC(C)C1(COC(=O)c2cncn2[C@H](C)c2ccccc2)COC1. The Hall–Kier alpha value is -2.18. The Kier molecular flexibility index (Phi) is 5.20. The van der Waals surface area contributed by atoms with Gasteiger partial charge in [-0.1, -0.05) is 30.3 Å². The number of methoxy groups -OCH3 is 1. The highest BCUT2D eigenvalue weighted by atomic mass is 16.6. The number of aromatic nitrogens is 2. The summed E-state index contributed by atoms with van der Waals surface area (Å²) in [4.78, 5) is 16.7. The summed E-state index contributed by atoms with van der Waals surface area (Å²) in [5.41, 5.74) is 1.28. The van der Waals surface area contributed by atoms with Crippen LogP contribution in [0.4, 0.5) is 0 Å². The number of carbonyl (C=O) groups excluding carboxylic acids is 1. The van der Waals surface area contributed by atoms with Crippen LogP contribution < -0.4 is 0 Å². The van der Waals surface area contributed by atoms with Gasteiger partial charge in [-0.25, -0.2) is 9.78 Å². The Morgan fingerprint density at radius 3 is 2.64 bits per heavy atom. The van der Waals surface area contributed by atoms with Crippen molar-refractivity contribution in [2.24, 2.45) is 5.41 Å². The summed E-state index contributed by atoms with van der Waals surface area (Å²) in [7, 11) is 1.66. The zero-order valence-corrected chi connectivity index (χ0v) is 14.8. The van der Waals surface area contributed by atoms with Crippen LogP contribution in [0.1, 0.15) is 35.9 Å². The van der Waals surface area contributed by atoms with Crippen LogP contribution in [0, 0.1) is 5.41 Å². The summed E-state index contributed by atoms with van der Waals surface area (Å²) < 4.78 is 18.1. The van der Waals surface area contributed by atoms with Crippen molar-refractivity contribution in [3.05, 3.63) is 54.1 Å². The van der Waals surface area contributed by atoms with Crippen LogP contribution in [0.15, 0.2) is 42.9 Å². The van der Waals surface area contributed by atoms with Gasteiger partial charge < -0.3 is 18.8 Å². The maximum Gasteiger partial charge on any atom is 0.356 e. The second-order valence-electron chi connectivity index (χ2n) is 6.58. The number of rotatable bonds is 7. The average Bonchev–Trinajstić information content (AvgIpc) is 3.10. The van der Waals surface area contributed by atoms with Crippen LogP contribution in [-0.2, 0) is 14.2 Å². The van der Waals surface area contributed by atoms with Crippen molar-refractivity contribution >= 4 is 5.97 Å². The third kappa shape index (κ3) is 3.45. The molecule has 0 saturated carbocycles. The number of ether oxygens (including phenoxy) is 3. The van der Waals surface area contributed by atoms with Crippen molar-refractivity contribution in [2.75, 3.05) is 26.9 Å². The fourth-order valence-electron chi connectivity index (χ4n) is 3.00. The molecule has 6 nitrogen and oxygen atoms in total. The highest BCUT2D eigenvalue weighted by molar-refractivity contribution is 5.87. The van der Waals surface area contributed by atoms with E-state index in [1.54, 1.807) is 19.6 Å². The van der Waals surface area contributed by atoms with E-state index in [1.165, 1.54) is 0 Å². The highest BCUT2D eigenvalue weighted by Gasteiger charge is 2.45. The molecule has 0 aliphatic carbocycles. The van der Waals surface area contributed by atoms with Crippen LogP contribution >= 0.6 is 0 Å². The van der Waals surface area contributed by atoms with Gasteiger partial charge >= 0.3 is 5.97 Å². The number of benzene rings is 1. The molecule has 1 aliphatic heterocycles. The molecule has 0 amide bonds. The second kappa shape index (κ2) is 7.37. The lowest BCUT2D eigenvalue weighted by atomic mass is 9.81. The second-order valence-corrected chi connectivity index (χ2v) is 6.58. The van der Waals surface area contributed by atoms with E-state index in [9.17, 15) is 4.79 Å². The molecule has 134 valence electrons. The van der Waals surface area contributed by atoms with Crippen molar-refractivity contribution in [1.29, 1.82) is 0 Å². The lowest BCUT2D eigenvalue weighted by molar-refractivity contribution is -0.193. The summed E-state index contributed by atoms with van der Waals surface area (Å²) in [5, 5.41) is 0. The van der Waals surface area contributed by atoms with Crippen LogP contribution in [0.25, 0.3) is 0 Å². The number of nitrogens with zero attached hydrogens (tertiary/aromatic N) is 2. The van der Waals surface area contributed by atoms with Gasteiger partial charge in [0.05, 0.1) is 43.3 Å². The summed E-state index contributed by atoms with van der Waals surface area (Å²) in [5.74, 6) is -0.380. The molecular weight excluding hydrogens is 320 g/mol. The lowest BCUT2D eigenvalue weighted by Crippen LogP contribution is -2.54. The number of esters is 1. The van der Waals surface area contributed by atoms with Crippen molar-refractivity contribution < 1.29 is 19.0 Å². The van der Waals surface area contributed by atoms with Crippen molar-refractivity contribution in [1.82, 2.24) is 9.55 Å². The molecule has 1 aromatic carbocycles. The maximum atomic E-state index is 12.6. The highest BCUT2D eigenvalue weighted by Crippen LogP contribution is 2.33. The molecule has 25 heavy (non-hydrogen) atoms. The minimum absolute atomic E-state index is 0.00912. The zero-order valence-electron chi connectivity index (χ0n) is 14.8. The van der Waals surface area contributed by atoms with Gasteiger partial charge in [0.25, 0.3) is 0 Å². The van der Waals surface area contributed by atoms with Crippen LogP contribution in [0.5, 0.6) is 0 Å². The Morgan fingerprint density at radius 1 is 1.32 bits per heavy atom. The summed E-state index contributed by atoms with van der Waals surface area (Å²) in [6, 6.07) is 9.98. The fourth-order valence-corrected chi connectivity index (χ4v) is 3.00. The quantitative estimate of drug-likeness (QED) is 0.723. The Morgan fingerprint density at radius 2 is 2.04 bits per heavy atom. The molecule has 1 aromatic heterocycles. The van der Waals surface area contributed by atoms with Gasteiger partial charge in [-0.05, 0) is 19.4 Å². The molecule has 0 N–H and O–H groups in total. The van der Waals surface area contributed by atoms with Gasteiger partial charge in [-0.15, -0.1) is 0 Å². The van der Waals surface area contributed by atoms with Gasteiger partial charge in [0.1, 0.15) is 12.3 Å². The summed E-state index contributed by atoms with van der Waals surface area (Å²) >= 11 is 0. The van der Waals surface area contributed by atoms with Crippen LogP contribution in [0.3, 0.4) is 0 Å². The van der Waals surface area contributed by atoms with Gasteiger partial charge in [-0.3, -0.25) is 0 Å². The first-order valence-electron chi connectivity index (χ1n) is 8.42. The summed E-state index contributed by atoms with van der Waals surface area (Å²) in [6.07, 6.45) is 3.17. The molecular formula is C19H24N2O4. The average molecular weight is 344 g/mol. The van der Waals surface area contributed by atoms with E-state index in [4.69, 9.17) is 14.2 Å². The Bertz CT molecular complexity index is 709. The topological polar surface area (TPSA) is 62.6 Å². The van der Waals surface area contributed by atoms with Gasteiger partial charge in [-0.2, -0.15) is 0 Å². The molecule has 1 unspecified atom stereocenters. The van der Waals surface area contributed by atoms with E-state index in [0.29, 0.717) is 18.9 Å². The molecule has 1 fully saturated rings. The predicted octanol–water partition coefficient (Wildman–Crippen LogP) is 2.70. The number of imidazole rings is 1. The Labute approximate surface area is 147 Å². The van der Waals surface area contributed by atoms with Crippen LogP contribution in [-0.4, -0.2) is 48.6 Å². The molecule has 1 saturated heterocycles. The van der Waals surface area contributed by atoms with Crippen molar-refractivity contribution in [3.63, 3.8) is 0 Å². The first kappa shape index (κ1) is 17.6. The van der Waals surface area contributed by atoms with E-state index in [0.717, 1.165) is 5.56 Å². The Balaban J connectivity index is 1.71. The van der Waals surface area contributed by atoms with Crippen molar-refractivity contribution in [2.45, 2.75) is 26.0 Å². The van der Waals surface area contributed by atoms with Gasteiger partial charge in [0.2, 0.25) is 0 Å². The molecule has 1 aliphatic rings. The minimum atomic E-state index is -0.380. The first-order valence-corrected chi connectivity index (χ1v) is 8.42. The molecule has 2 aromatic rings. The minimum Gasteiger partial charge on any atom is -0.460 e. The number of hydrogen-bond donors (Lipinski definition) is 0. The van der Waals surface area contributed by atoms with Gasteiger partial charge in [0, 0.05) is 7.11 Å². The molecule has 0 spiro atoms. The normalized spacial score (nSPS) is 18.2. The number of hydrogen-bond acceptors (Lipinski definition) is 5. The number of carbonyl (C=O) groups is 1. The lowest BCUT2D eigenvalue weighted by Gasteiger charge is -2.44. The molecule has 2 atom stereocenters. The van der Waals surface area contributed by atoms with E-state index < -0.39 is 0 Å². The molecule has 6 heteroatoms. The third-order valence-electron chi connectivity index (χ3n) is 5.06. The van der Waals surface area contributed by atoms with E-state index in [-0.39, 0.29) is 30.1 Å². The van der Waals surface area contributed by atoms with Crippen molar-refractivity contribution in [3.8, 4) is 0 Å². The largest absolute Gasteiger partial charge is 0.460 e. The van der Waals surface area contributed by atoms with Gasteiger partial charge in [0.15, 0.2) is 0 Å². The molecule has 0 radical (unpaired) electrons. The molecule has 3 rings (SSSR count). The predicted molar refractivity (Wildman–Crippen MR) is 92.5 cm³/mol. The first-order chi connectivity index (χ1) is 12.1. The van der Waals surface area contributed by atoms with E-state index >= 15 is 0 Å². The fraction of sp³-hybridized carbons (Fsp3) is 0.474. The van der Waals surface area contributed by atoms with Crippen LogP contribution in [0.2, 0.25) is 0 Å². The maximum absolute atomic E-state index is 12.6. The smallest absolute Gasteiger partial charge is 0.356 e. The molecule has 2 heterocycles. The monoisotopic (exact) mass is 344 g/mol. The summed E-state index contributed by atoms with van der Waals surface area (Å²) in [6.45, 7) is 5.34. The molecule has 0 bridgehead atoms.